The fourth-order valence-corrected chi connectivity index (χ4v) is 4.17. The van der Waals surface area contributed by atoms with E-state index in [1.807, 2.05) is 24.3 Å². The number of benzene rings is 2. The Kier molecular flexibility index (Phi) is 4.92. The molecule has 1 amide bonds. The molecule has 2 atom stereocenters. The Bertz CT molecular complexity index is 808. The normalized spacial score (nSPS) is 20.9. The third-order valence-corrected chi connectivity index (χ3v) is 5.43. The van der Waals surface area contributed by atoms with Crippen LogP contribution in [0.25, 0.3) is 11.1 Å². The zero-order valence-corrected chi connectivity index (χ0v) is 14.8. The van der Waals surface area contributed by atoms with Gasteiger partial charge in [-0.2, -0.15) is 0 Å². The summed E-state index contributed by atoms with van der Waals surface area (Å²) in [6, 6.07) is 16.1. The van der Waals surface area contributed by atoms with Gasteiger partial charge in [0.1, 0.15) is 0 Å². The maximum Gasteiger partial charge on any atom is 0.233 e. The van der Waals surface area contributed by atoms with E-state index in [9.17, 15) is 14.7 Å². The molecule has 0 bridgehead atoms. The van der Waals surface area contributed by atoms with E-state index in [4.69, 9.17) is 4.84 Å². The highest BCUT2D eigenvalue weighted by molar-refractivity contribution is 5.78. The summed E-state index contributed by atoms with van der Waals surface area (Å²) in [6.45, 7) is 0.864. The summed E-state index contributed by atoms with van der Waals surface area (Å²) in [4.78, 5) is 28.2. The van der Waals surface area contributed by atoms with E-state index in [2.05, 4.69) is 29.6 Å². The molecule has 2 aromatic carbocycles. The van der Waals surface area contributed by atoms with E-state index in [0.717, 1.165) is 0 Å². The Morgan fingerprint density at radius 2 is 1.78 bits per heavy atom. The fourth-order valence-electron chi connectivity index (χ4n) is 4.17. The number of fused-ring (bicyclic) bond motifs is 3. The molecule has 140 valence electrons. The Morgan fingerprint density at radius 3 is 2.37 bits per heavy atom. The third kappa shape index (κ3) is 3.46. The maximum atomic E-state index is 11.6. The van der Waals surface area contributed by atoms with Crippen LogP contribution >= 0.6 is 0 Å². The zero-order chi connectivity index (χ0) is 18.8. The molecule has 1 saturated heterocycles. The standard InChI is InChI=1S/C21H22N2O4/c24-13-23(15-9-14(22-11-15)10-21(25)26)27-12-20-18-7-3-1-5-16(18)17-6-2-4-8-19(17)20/h1-8,13-15,20,22H,9-12H2,(H,25,26)/p-1. The lowest BCUT2D eigenvalue weighted by Gasteiger charge is -2.25. The number of hydrogen-bond acceptors (Lipinski definition) is 5. The quantitative estimate of drug-likeness (QED) is 0.586. The first-order valence-electron chi connectivity index (χ1n) is 9.15. The maximum absolute atomic E-state index is 11.6. The Hall–Kier alpha value is -2.70. The summed E-state index contributed by atoms with van der Waals surface area (Å²) in [6.07, 6.45) is 1.15. The lowest BCUT2D eigenvalue weighted by molar-refractivity contribution is -0.306. The van der Waals surface area contributed by atoms with Crippen molar-refractivity contribution in [2.75, 3.05) is 13.2 Å². The van der Waals surface area contributed by atoms with Crippen molar-refractivity contribution in [2.45, 2.75) is 30.8 Å². The fraction of sp³-hybridized carbons (Fsp3) is 0.333. The van der Waals surface area contributed by atoms with Gasteiger partial charge in [0, 0.05) is 30.9 Å². The van der Waals surface area contributed by atoms with E-state index < -0.39 is 5.97 Å². The molecular formula is C21H21N2O4-. The van der Waals surface area contributed by atoms with Gasteiger partial charge < -0.3 is 15.2 Å². The summed E-state index contributed by atoms with van der Waals surface area (Å²) < 4.78 is 0. The molecule has 1 aliphatic heterocycles. The van der Waals surface area contributed by atoms with Gasteiger partial charge in [-0.3, -0.25) is 9.63 Å². The van der Waals surface area contributed by atoms with Crippen molar-refractivity contribution in [3.05, 3.63) is 59.7 Å². The highest BCUT2D eigenvalue weighted by Gasteiger charge is 2.32. The van der Waals surface area contributed by atoms with E-state index in [1.165, 1.54) is 27.3 Å². The van der Waals surface area contributed by atoms with Crippen LogP contribution in [0.5, 0.6) is 0 Å². The molecular weight excluding hydrogens is 344 g/mol. The Balaban J connectivity index is 1.46. The largest absolute Gasteiger partial charge is 0.550 e. The molecule has 0 saturated carbocycles. The molecule has 2 aliphatic rings. The Labute approximate surface area is 157 Å². The predicted molar refractivity (Wildman–Crippen MR) is 97.4 cm³/mol. The monoisotopic (exact) mass is 365 g/mol. The van der Waals surface area contributed by atoms with E-state index in [1.54, 1.807) is 0 Å². The Morgan fingerprint density at radius 1 is 1.15 bits per heavy atom. The van der Waals surface area contributed by atoms with Gasteiger partial charge in [0.15, 0.2) is 0 Å². The predicted octanol–water partition coefficient (Wildman–Crippen LogP) is 1.06. The molecule has 1 fully saturated rings. The van der Waals surface area contributed by atoms with Crippen LogP contribution in [-0.2, 0) is 14.4 Å². The number of carboxylic acid groups (broad SMARTS) is 1. The number of rotatable bonds is 7. The summed E-state index contributed by atoms with van der Waals surface area (Å²) >= 11 is 0. The minimum Gasteiger partial charge on any atom is -0.550 e. The van der Waals surface area contributed by atoms with Crippen molar-refractivity contribution in [3.8, 4) is 11.1 Å². The van der Waals surface area contributed by atoms with Crippen LogP contribution in [0.15, 0.2) is 48.5 Å². The van der Waals surface area contributed by atoms with Gasteiger partial charge in [0.2, 0.25) is 6.41 Å². The van der Waals surface area contributed by atoms with Gasteiger partial charge in [-0.1, -0.05) is 48.5 Å². The first-order chi connectivity index (χ1) is 13.2. The molecule has 1 N–H and O–H groups in total. The molecule has 27 heavy (non-hydrogen) atoms. The smallest absolute Gasteiger partial charge is 0.233 e. The lowest BCUT2D eigenvalue weighted by atomic mass is 9.98. The molecule has 2 aromatic rings. The summed E-state index contributed by atoms with van der Waals surface area (Å²) in [5.74, 6) is -1.03. The molecule has 0 spiro atoms. The van der Waals surface area contributed by atoms with Gasteiger partial charge in [0.05, 0.1) is 12.6 Å². The second-order valence-corrected chi connectivity index (χ2v) is 7.06. The second kappa shape index (κ2) is 7.50. The molecule has 2 unspecified atom stereocenters. The number of aliphatic carboxylic acids is 1. The highest BCUT2D eigenvalue weighted by atomic mass is 16.7. The van der Waals surface area contributed by atoms with Crippen LogP contribution in [0.2, 0.25) is 0 Å². The van der Waals surface area contributed by atoms with Crippen LogP contribution in [0.1, 0.15) is 29.9 Å². The zero-order valence-electron chi connectivity index (χ0n) is 14.8. The van der Waals surface area contributed by atoms with Crippen LogP contribution in [0.3, 0.4) is 0 Å². The van der Waals surface area contributed by atoms with Crippen molar-refractivity contribution in [3.63, 3.8) is 0 Å². The number of nitrogens with one attached hydrogen (secondary N) is 1. The number of carbonyl (C=O) groups excluding carboxylic acids is 2. The van der Waals surface area contributed by atoms with Gasteiger partial charge >= 0.3 is 0 Å². The van der Waals surface area contributed by atoms with E-state index >= 15 is 0 Å². The first kappa shape index (κ1) is 17.7. The average Bonchev–Trinajstić information content (AvgIpc) is 3.25. The summed E-state index contributed by atoms with van der Waals surface area (Å²) in [7, 11) is 0. The van der Waals surface area contributed by atoms with Crippen LogP contribution < -0.4 is 10.4 Å². The summed E-state index contributed by atoms with van der Waals surface area (Å²) in [5.41, 5.74) is 4.81. The van der Waals surface area contributed by atoms with Gasteiger partial charge in [-0.15, -0.1) is 0 Å². The molecule has 1 heterocycles. The van der Waals surface area contributed by atoms with Gasteiger partial charge in [-0.25, -0.2) is 5.06 Å². The van der Waals surface area contributed by atoms with Crippen molar-refractivity contribution in [2.24, 2.45) is 0 Å². The van der Waals surface area contributed by atoms with Gasteiger partial charge in [0.25, 0.3) is 0 Å². The second-order valence-electron chi connectivity index (χ2n) is 7.06. The molecule has 0 aromatic heterocycles. The number of carboxylic acids is 1. The number of amides is 1. The van der Waals surface area contributed by atoms with Crippen molar-refractivity contribution in [1.82, 2.24) is 10.4 Å². The minimum absolute atomic E-state index is 0.0629. The SMILES string of the molecule is O=CN(OCC1c2ccccc2-c2ccccc21)C1CNC(CC(=O)[O-])C1. The number of nitrogens with zero attached hydrogens (tertiary/aromatic N) is 1. The number of carbonyl (C=O) groups is 2. The summed E-state index contributed by atoms with van der Waals surface area (Å²) in [5, 5.41) is 15.2. The molecule has 6 heteroatoms. The molecule has 4 rings (SSSR count). The van der Waals surface area contributed by atoms with E-state index in [0.29, 0.717) is 26.0 Å². The topological polar surface area (TPSA) is 81.7 Å². The lowest BCUT2D eigenvalue weighted by Crippen LogP contribution is -2.36. The van der Waals surface area contributed by atoms with Crippen molar-refractivity contribution >= 4 is 12.4 Å². The first-order valence-corrected chi connectivity index (χ1v) is 9.15. The number of hydroxylamine groups is 2. The minimum atomic E-state index is -1.09. The third-order valence-electron chi connectivity index (χ3n) is 5.43. The highest BCUT2D eigenvalue weighted by Crippen LogP contribution is 2.44. The van der Waals surface area contributed by atoms with Crippen LogP contribution in [0, 0.1) is 0 Å². The molecule has 6 nitrogen and oxygen atoms in total. The van der Waals surface area contributed by atoms with Crippen LogP contribution in [-0.4, -0.2) is 42.7 Å². The molecule has 1 aliphatic carbocycles. The van der Waals surface area contributed by atoms with Crippen molar-refractivity contribution < 1.29 is 19.5 Å². The van der Waals surface area contributed by atoms with E-state index in [-0.39, 0.29) is 24.4 Å². The van der Waals surface area contributed by atoms with Crippen molar-refractivity contribution in [1.29, 1.82) is 0 Å². The number of hydrogen-bond donors (Lipinski definition) is 1. The molecule has 0 radical (unpaired) electrons. The van der Waals surface area contributed by atoms with Gasteiger partial charge in [-0.05, 0) is 28.7 Å². The average molecular weight is 365 g/mol. The van der Waals surface area contributed by atoms with Crippen LogP contribution in [0.4, 0.5) is 0 Å².